The van der Waals surface area contributed by atoms with E-state index in [-0.39, 0.29) is 30.7 Å². The van der Waals surface area contributed by atoms with Gasteiger partial charge < -0.3 is 10.2 Å². The first-order chi connectivity index (χ1) is 11.1. The van der Waals surface area contributed by atoms with E-state index < -0.39 is 11.9 Å². The first kappa shape index (κ1) is 29.3. The summed E-state index contributed by atoms with van der Waals surface area (Å²) in [5, 5.41) is 17.5. The molecule has 0 rings (SSSR count). The van der Waals surface area contributed by atoms with Gasteiger partial charge in [0.15, 0.2) is 0 Å². The van der Waals surface area contributed by atoms with Gasteiger partial charge in [0.25, 0.3) is 0 Å². The van der Waals surface area contributed by atoms with Crippen LogP contribution < -0.4 is 0 Å². The highest BCUT2D eigenvalue weighted by atomic mass is 35.5. The van der Waals surface area contributed by atoms with Crippen LogP contribution in [0.3, 0.4) is 0 Å². The van der Waals surface area contributed by atoms with Crippen LogP contribution in [0.15, 0.2) is 0 Å². The summed E-state index contributed by atoms with van der Waals surface area (Å²) in [5.41, 5.74) is 0. The average molecular weight is 401 g/mol. The molecule has 0 aromatic carbocycles. The SMILES string of the molecule is CCC(CCCCCCCCCCCCCCC(=O)O)C(=O)O.Cl.Cl. The fraction of sp³-hybridized carbons (Fsp3) is 0.895. The minimum absolute atomic E-state index is 0. The van der Waals surface area contributed by atoms with Gasteiger partial charge in [-0.1, -0.05) is 77.6 Å². The third-order valence-corrected chi connectivity index (χ3v) is 4.54. The second-order valence-corrected chi connectivity index (χ2v) is 6.62. The Balaban J connectivity index is -0.00000242. The topological polar surface area (TPSA) is 74.6 Å². The second-order valence-electron chi connectivity index (χ2n) is 6.62. The molecule has 0 saturated carbocycles. The largest absolute Gasteiger partial charge is 0.481 e. The Bertz CT molecular complexity index is 312. The normalized spacial score (nSPS) is 11.2. The van der Waals surface area contributed by atoms with Crippen LogP contribution in [0.4, 0.5) is 0 Å². The third kappa shape index (κ3) is 21.5. The van der Waals surface area contributed by atoms with Gasteiger partial charge in [-0.25, -0.2) is 0 Å². The zero-order chi connectivity index (χ0) is 17.3. The van der Waals surface area contributed by atoms with E-state index in [1.54, 1.807) is 0 Å². The first-order valence-corrected chi connectivity index (χ1v) is 9.52. The van der Waals surface area contributed by atoms with E-state index in [0.29, 0.717) is 6.42 Å². The van der Waals surface area contributed by atoms with Crippen molar-refractivity contribution in [3.63, 3.8) is 0 Å². The van der Waals surface area contributed by atoms with Crippen molar-refractivity contribution in [2.75, 3.05) is 0 Å². The molecule has 0 aliphatic rings. The van der Waals surface area contributed by atoms with Gasteiger partial charge in [-0.2, -0.15) is 0 Å². The predicted octanol–water partition coefficient (Wildman–Crippen LogP) is 6.49. The number of unbranched alkanes of at least 4 members (excludes halogenated alkanes) is 11. The number of carboxylic acids is 2. The lowest BCUT2D eigenvalue weighted by atomic mass is 9.98. The first-order valence-electron chi connectivity index (χ1n) is 9.52. The summed E-state index contributed by atoms with van der Waals surface area (Å²) in [6.07, 6.45) is 16.0. The van der Waals surface area contributed by atoms with Crippen molar-refractivity contribution >= 4 is 36.8 Å². The predicted molar refractivity (Wildman–Crippen MR) is 108 cm³/mol. The van der Waals surface area contributed by atoms with E-state index >= 15 is 0 Å². The monoisotopic (exact) mass is 400 g/mol. The molecule has 152 valence electrons. The summed E-state index contributed by atoms with van der Waals surface area (Å²) in [4.78, 5) is 21.2. The minimum atomic E-state index is -0.682. The lowest BCUT2D eigenvalue weighted by Gasteiger charge is -2.08. The van der Waals surface area contributed by atoms with Gasteiger partial charge in [0.2, 0.25) is 0 Å². The summed E-state index contributed by atoms with van der Waals surface area (Å²) in [6.45, 7) is 1.95. The molecule has 0 spiro atoms. The van der Waals surface area contributed by atoms with E-state index in [1.807, 2.05) is 6.92 Å². The molecule has 6 heteroatoms. The average Bonchev–Trinajstić information content (AvgIpc) is 2.50. The highest BCUT2D eigenvalue weighted by Gasteiger charge is 2.13. The van der Waals surface area contributed by atoms with Crippen molar-refractivity contribution < 1.29 is 19.8 Å². The molecule has 0 aromatic rings. The van der Waals surface area contributed by atoms with Crippen molar-refractivity contribution in [1.29, 1.82) is 0 Å². The van der Waals surface area contributed by atoms with Crippen molar-refractivity contribution in [2.45, 2.75) is 103 Å². The smallest absolute Gasteiger partial charge is 0.306 e. The van der Waals surface area contributed by atoms with Crippen molar-refractivity contribution in [3.05, 3.63) is 0 Å². The van der Waals surface area contributed by atoms with E-state index in [9.17, 15) is 9.59 Å². The lowest BCUT2D eigenvalue weighted by Crippen LogP contribution is -2.12. The van der Waals surface area contributed by atoms with Gasteiger partial charge in [-0.3, -0.25) is 9.59 Å². The van der Waals surface area contributed by atoms with E-state index in [1.165, 1.54) is 44.9 Å². The molecule has 0 aliphatic carbocycles. The van der Waals surface area contributed by atoms with Crippen LogP contribution in [0.5, 0.6) is 0 Å². The molecule has 0 amide bonds. The molecule has 0 radical (unpaired) electrons. The van der Waals surface area contributed by atoms with Crippen LogP contribution in [0.2, 0.25) is 0 Å². The molecule has 0 fully saturated rings. The minimum Gasteiger partial charge on any atom is -0.481 e. The molecule has 0 saturated heterocycles. The van der Waals surface area contributed by atoms with Gasteiger partial charge in [-0.15, -0.1) is 24.8 Å². The number of carbonyl (C=O) groups is 2. The second kappa shape index (κ2) is 21.6. The molecule has 2 N–H and O–H groups in total. The maximum atomic E-state index is 10.9. The Morgan fingerprint density at radius 3 is 1.36 bits per heavy atom. The van der Waals surface area contributed by atoms with E-state index in [2.05, 4.69) is 0 Å². The summed E-state index contributed by atoms with van der Waals surface area (Å²) >= 11 is 0. The summed E-state index contributed by atoms with van der Waals surface area (Å²) in [7, 11) is 0. The molecular formula is C19H38Cl2O4. The van der Waals surface area contributed by atoms with Crippen LogP contribution in [0.25, 0.3) is 0 Å². The van der Waals surface area contributed by atoms with Crippen LogP contribution in [-0.4, -0.2) is 22.2 Å². The standard InChI is InChI=1S/C19H36O4.2ClH/c1-2-17(19(22)23)15-13-11-9-7-5-3-4-6-8-10-12-14-16-18(20)21;;/h17H,2-16H2,1H3,(H,20,21)(H,22,23);2*1H. The molecule has 1 unspecified atom stereocenters. The third-order valence-electron chi connectivity index (χ3n) is 4.54. The Labute approximate surface area is 166 Å². The Morgan fingerprint density at radius 2 is 1.04 bits per heavy atom. The fourth-order valence-electron chi connectivity index (χ4n) is 2.94. The van der Waals surface area contributed by atoms with Crippen LogP contribution in [0, 0.1) is 5.92 Å². The van der Waals surface area contributed by atoms with Crippen LogP contribution >= 0.6 is 24.8 Å². The lowest BCUT2D eigenvalue weighted by molar-refractivity contribution is -0.142. The molecule has 0 bridgehead atoms. The van der Waals surface area contributed by atoms with E-state index in [4.69, 9.17) is 10.2 Å². The molecule has 25 heavy (non-hydrogen) atoms. The number of hydrogen-bond donors (Lipinski definition) is 2. The molecule has 0 heterocycles. The number of aliphatic carboxylic acids is 2. The Morgan fingerprint density at radius 1 is 0.680 bits per heavy atom. The maximum Gasteiger partial charge on any atom is 0.306 e. The van der Waals surface area contributed by atoms with Gasteiger partial charge >= 0.3 is 11.9 Å². The van der Waals surface area contributed by atoms with E-state index in [0.717, 1.165) is 44.9 Å². The van der Waals surface area contributed by atoms with Crippen molar-refractivity contribution in [3.8, 4) is 0 Å². The van der Waals surface area contributed by atoms with Gasteiger partial charge in [0, 0.05) is 6.42 Å². The summed E-state index contributed by atoms with van der Waals surface area (Å²) < 4.78 is 0. The van der Waals surface area contributed by atoms with Crippen LogP contribution in [0.1, 0.15) is 103 Å². The molecule has 1 atom stereocenters. The molecular weight excluding hydrogens is 363 g/mol. The molecule has 0 aliphatic heterocycles. The highest BCUT2D eigenvalue weighted by Crippen LogP contribution is 2.16. The van der Waals surface area contributed by atoms with Crippen LogP contribution in [-0.2, 0) is 9.59 Å². The Kier molecular flexibility index (Phi) is 25.3. The summed E-state index contributed by atoms with van der Waals surface area (Å²) in [6, 6.07) is 0. The van der Waals surface area contributed by atoms with Crippen molar-refractivity contribution in [2.24, 2.45) is 5.92 Å². The maximum absolute atomic E-state index is 10.9. The molecule has 4 nitrogen and oxygen atoms in total. The Hall–Kier alpha value is -0.480. The zero-order valence-electron chi connectivity index (χ0n) is 15.7. The van der Waals surface area contributed by atoms with Gasteiger partial charge in [0.1, 0.15) is 0 Å². The fourth-order valence-corrected chi connectivity index (χ4v) is 2.94. The number of hydrogen-bond acceptors (Lipinski definition) is 2. The molecule has 0 aromatic heterocycles. The highest BCUT2D eigenvalue weighted by molar-refractivity contribution is 5.85. The zero-order valence-corrected chi connectivity index (χ0v) is 17.3. The van der Waals surface area contributed by atoms with Gasteiger partial charge in [-0.05, 0) is 19.3 Å². The quantitative estimate of drug-likeness (QED) is 0.273. The van der Waals surface area contributed by atoms with Crippen molar-refractivity contribution in [1.82, 2.24) is 0 Å². The van der Waals surface area contributed by atoms with Gasteiger partial charge in [0.05, 0.1) is 5.92 Å². The summed E-state index contributed by atoms with van der Waals surface area (Å²) in [5.74, 6) is -1.47. The number of rotatable bonds is 17. The number of carboxylic acid groups (broad SMARTS) is 2. The number of halogens is 2.